The van der Waals surface area contributed by atoms with E-state index in [-0.39, 0.29) is 0 Å². The van der Waals surface area contributed by atoms with E-state index in [1.54, 1.807) is 23.5 Å². The Morgan fingerprint density at radius 3 is 2.46 bits per heavy atom. The number of phenols is 1. The fraction of sp³-hybridized carbons (Fsp3) is 0.100. The highest BCUT2D eigenvalue weighted by molar-refractivity contribution is 7.13. The summed E-state index contributed by atoms with van der Waals surface area (Å²) in [4.78, 5) is 5.34. The Bertz CT molecular complexity index is 405. The highest BCUT2D eigenvalue weighted by Gasteiger charge is 2.03. The average Bonchev–Trinajstić information content (AvgIpc) is 2.53. The molecule has 0 radical (unpaired) electrons. The molecule has 1 aromatic heterocycles. The molecule has 0 atom stereocenters. The van der Waals surface area contributed by atoms with Gasteiger partial charge in [0.1, 0.15) is 5.75 Å². The molecule has 0 fully saturated rings. The molecule has 0 unspecified atom stereocenters. The van der Waals surface area contributed by atoms with Gasteiger partial charge in [0.25, 0.3) is 0 Å². The lowest BCUT2D eigenvalue weighted by Gasteiger charge is -1.98. The van der Waals surface area contributed by atoms with Crippen molar-refractivity contribution in [2.24, 2.45) is 0 Å². The first-order valence-electron chi connectivity index (χ1n) is 3.97. The Hall–Kier alpha value is -1.35. The third-order valence-corrected chi connectivity index (χ3v) is 2.85. The first kappa shape index (κ1) is 8.26. The van der Waals surface area contributed by atoms with Gasteiger partial charge < -0.3 is 5.11 Å². The maximum absolute atomic E-state index is 9.11. The van der Waals surface area contributed by atoms with Gasteiger partial charge in [-0.2, -0.15) is 0 Å². The molecule has 13 heavy (non-hydrogen) atoms. The fourth-order valence-electron chi connectivity index (χ4n) is 1.19. The molecule has 66 valence electrons. The Balaban J connectivity index is 2.47. The van der Waals surface area contributed by atoms with Crippen LogP contribution in [0.1, 0.15) is 5.69 Å². The van der Waals surface area contributed by atoms with Crippen molar-refractivity contribution in [3.8, 4) is 16.2 Å². The van der Waals surface area contributed by atoms with E-state index >= 15 is 0 Å². The molecule has 0 amide bonds. The quantitative estimate of drug-likeness (QED) is 0.751. The van der Waals surface area contributed by atoms with Crippen molar-refractivity contribution in [3.63, 3.8) is 0 Å². The minimum atomic E-state index is 0.297. The van der Waals surface area contributed by atoms with Crippen molar-refractivity contribution in [3.05, 3.63) is 35.5 Å². The van der Waals surface area contributed by atoms with Crippen molar-refractivity contribution in [1.82, 2.24) is 4.98 Å². The molecule has 0 saturated heterocycles. The summed E-state index contributed by atoms with van der Waals surface area (Å²) in [7, 11) is 0. The molecule has 0 aliphatic heterocycles. The zero-order valence-electron chi connectivity index (χ0n) is 7.19. The normalized spacial score (nSPS) is 10.2. The topological polar surface area (TPSA) is 33.1 Å². The number of hydrogen-bond donors (Lipinski definition) is 1. The molecule has 1 aromatic carbocycles. The largest absolute Gasteiger partial charge is 0.508 e. The van der Waals surface area contributed by atoms with Crippen LogP contribution in [-0.4, -0.2) is 10.1 Å². The van der Waals surface area contributed by atoms with Crippen LogP contribution >= 0.6 is 11.3 Å². The summed E-state index contributed by atoms with van der Waals surface area (Å²) in [6.07, 6.45) is 0. The Morgan fingerprint density at radius 1 is 1.23 bits per heavy atom. The number of hydrogen-bond acceptors (Lipinski definition) is 3. The zero-order chi connectivity index (χ0) is 9.26. The molecular formula is C10H9NOS. The van der Waals surface area contributed by atoms with E-state index in [1.807, 2.05) is 24.6 Å². The Morgan fingerprint density at radius 2 is 1.92 bits per heavy atom. The first-order chi connectivity index (χ1) is 6.27. The average molecular weight is 191 g/mol. The molecule has 0 spiro atoms. The second-order valence-electron chi connectivity index (χ2n) is 2.81. The van der Waals surface area contributed by atoms with Crippen LogP contribution in [0.4, 0.5) is 0 Å². The minimum Gasteiger partial charge on any atom is -0.508 e. The van der Waals surface area contributed by atoms with Gasteiger partial charge in [0.15, 0.2) is 0 Å². The molecule has 2 rings (SSSR count). The highest BCUT2D eigenvalue weighted by atomic mass is 32.1. The lowest BCUT2D eigenvalue weighted by molar-refractivity contribution is 0.475. The number of nitrogens with zero attached hydrogens (tertiary/aromatic N) is 1. The number of rotatable bonds is 1. The van der Waals surface area contributed by atoms with Crippen LogP contribution in [0, 0.1) is 6.92 Å². The smallest absolute Gasteiger partial charge is 0.115 e. The minimum absolute atomic E-state index is 0.297. The van der Waals surface area contributed by atoms with E-state index in [1.165, 1.54) is 4.88 Å². The second kappa shape index (κ2) is 3.18. The highest BCUT2D eigenvalue weighted by Crippen LogP contribution is 2.27. The van der Waals surface area contributed by atoms with E-state index in [0.717, 1.165) is 11.3 Å². The van der Waals surface area contributed by atoms with Gasteiger partial charge in [-0.15, -0.1) is 11.3 Å². The maximum atomic E-state index is 9.11. The number of aromatic hydroxyl groups is 1. The summed E-state index contributed by atoms with van der Waals surface area (Å²) in [5, 5.41) is 9.11. The van der Waals surface area contributed by atoms with Gasteiger partial charge in [-0.1, -0.05) is 0 Å². The van der Waals surface area contributed by atoms with E-state index in [2.05, 4.69) is 4.98 Å². The molecule has 0 aliphatic carbocycles. The molecule has 0 saturated carbocycles. The summed E-state index contributed by atoms with van der Waals surface area (Å²) < 4.78 is 0. The summed E-state index contributed by atoms with van der Waals surface area (Å²) in [6, 6.07) is 7.18. The third-order valence-electron chi connectivity index (χ3n) is 1.88. The predicted octanol–water partition coefficient (Wildman–Crippen LogP) is 2.82. The molecular weight excluding hydrogens is 182 g/mol. The van der Waals surface area contributed by atoms with Gasteiger partial charge in [-0.05, 0) is 36.8 Å². The van der Waals surface area contributed by atoms with Crippen molar-refractivity contribution < 1.29 is 5.11 Å². The van der Waals surface area contributed by atoms with Crippen molar-refractivity contribution in [1.29, 1.82) is 0 Å². The first-order valence-corrected chi connectivity index (χ1v) is 4.85. The fourth-order valence-corrected chi connectivity index (χ4v) is 2.00. The second-order valence-corrected chi connectivity index (χ2v) is 3.67. The number of aryl methyl sites for hydroxylation is 1. The van der Waals surface area contributed by atoms with Crippen LogP contribution in [0.25, 0.3) is 10.4 Å². The molecule has 2 aromatic rings. The van der Waals surface area contributed by atoms with Gasteiger partial charge in [-0.25, -0.2) is 4.98 Å². The van der Waals surface area contributed by atoms with Crippen molar-refractivity contribution in [2.75, 3.05) is 0 Å². The molecule has 0 aliphatic rings. The predicted molar refractivity (Wildman–Crippen MR) is 54.0 cm³/mol. The number of benzene rings is 1. The molecule has 2 nitrogen and oxygen atoms in total. The lowest BCUT2D eigenvalue weighted by atomic mass is 10.1. The van der Waals surface area contributed by atoms with E-state index < -0.39 is 0 Å². The number of aromatic nitrogens is 1. The van der Waals surface area contributed by atoms with Gasteiger partial charge >= 0.3 is 0 Å². The van der Waals surface area contributed by atoms with Crippen LogP contribution in [0.2, 0.25) is 0 Å². The zero-order valence-corrected chi connectivity index (χ0v) is 8.01. The molecule has 0 bridgehead atoms. The standard InChI is InChI=1S/C10H9NOS/c1-7-10(13-6-11-7)8-2-4-9(12)5-3-8/h2-6,12H,1H3. The monoisotopic (exact) mass is 191 g/mol. The van der Waals surface area contributed by atoms with E-state index in [4.69, 9.17) is 5.11 Å². The maximum Gasteiger partial charge on any atom is 0.115 e. The Kier molecular flexibility index (Phi) is 2.02. The summed E-state index contributed by atoms with van der Waals surface area (Å²) in [5.74, 6) is 0.297. The van der Waals surface area contributed by atoms with Crippen LogP contribution in [0.5, 0.6) is 5.75 Å². The number of phenolic OH excluding ortho intramolecular Hbond substituents is 1. The molecule has 1 N–H and O–H groups in total. The van der Waals surface area contributed by atoms with Crippen LogP contribution < -0.4 is 0 Å². The van der Waals surface area contributed by atoms with Crippen LogP contribution in [-0.2, 0) is 0 Å². The Labute approximate surface area is 80.5 Å². The van der Waals surface area contributed by atoms with Gasteiger partial charge in [0, 0.05) is 0 Å². The summed E-state index contributed by atoms with van der Waals surface area (Å²) in [5.41, 5.74) is 3.98. The van der Waals surface area contributed by atoms with Gasteiger partial charge in [0.05, 0.1) is 16.1 Å². The molecule has 3 heteroatoms. The van der Waals surface area contributed by atoms with Crippen molar-refractivity contribution in [2.45, 2.75) is 6.92 Å². The van der Waals surface area contributed by atoms with Crippen LogP contribution in [0.15, 0.2) is 29.8 Å². The summed E-state index contributed by atoms with van der Waals surface area (Å²) in [6.45, 7) is 1.98. The van der Waals surface area contributed by atoms with Crippen molar-refractivity contribution >= 4 is 11.3 Å². The lowest BCUT2D eigenvalue weighted by Crippen LogP contribution is -1.76. The SMILES string of the molecule is Cc1ncsc1-c1ccc(O)cc1. The third kappa shape index (κ3) is 1.55. The summed E-state index contributed by atoms with van der Waals surface area (Å²) >= 11 is 1.62. The molecule has 1 heterocycles. The van der Waals surface area contributed by atoms with E-state index in [0.29, 0.717) is 5.75 Å². The van der Waals surface area contributed by atoms with Crippen LogP contribution in [0.3, 0.4) is 0 Å². The van der Waals surface area contributed by atoms with E-state index in [9.17, 15) is 0 Å². The van der Waals surface area contributed by atoms with Gasteiger partial charge in [0.2, 0.25) is 0 Å². The number of thiazole rings is 1. The van der Waals surface area contributed by atoms with Gasteiger partial charge in [-0.3, -0.25) is 0 Å².